The van der Waals surface area contributed by atoms with E-state index in [-0.39, 0.29) is 6.10 Å². The van der Waals surface area contributed by atoms with E-state index in [1.165, 1.54) is 0 Å². The number of rotatable bonds is 1. The highest BCUT2D eigenvalue weighted by molar-refractivity contribution is 5.51. The van der Waals surface area contributed by atoms with Crippen LogP contribution in [0.3, 0.4) is 0 Å². The summed E-state index contributed by atoms with van der Waals surface area (Å²) in [7, 11) is 0. The molecule has 1 aromatic rings. The van der Waals surface area contributed by atoms with Gasteiger partial charge in [-0.3, -0.25) is 0 Å². The van der Waals surface area contributed by atoms with Crippen molar-refractivity contribution in [2.45, 2.75) is 25.0 Å². The Balaban J connectivity index is 2.36. The molecule has 0 fully saturated rings. The van der Waals surface area contributed by atoms with Crippen molar-refractivity contribution in [3.63, 3.8) is 0 Å². The lowest BCUT2D eigenvalue weighted by Gasteiger charge is -2.22. The summed E-state index contributed by atoms with van der Waals surface area (Å²) in [5.41, 5.74) is 6.22. The summed E-state index contributed by atoms with van der Waals surface area (Å²) < 4.78 is 5.61. The third-order valence-corrected chi connectivity index (χ3v) is 2.79. The van der Waals surface area contributed by atoms with Gasteiger partial charge in [0.1, 0.15) is 23.5 Å². The van der Waals surface area contributed by atoms with Gasteiger partial charge in [-0.2, -0.15) is 10.5 Å². The van der Waals surface area contributed by atoms with E-state index in [0.29, 0.717) is 17.7 Å². The predicted octanol–water partition coefficient (Wildman–Crippen LogP) is 1.10. The van der Waals surface area contributed by atoms with Crippen LogP contribution in [0.15, 0.2) is 18.2 Å². The molecule has 2 rings (SSSR count). The Hall–Kier alpha value is -2.04. The van der Waals surface area contributed by atoms with E-state index in [0.717, 1.165) is 5.56 Å². The molecule has 16 heavy (non-hydrogen) atoms. The first-order valence-corrected chi connectivity index (χ1v) is 4.97. The van der Waals surface area contributed by atoms with Gasteiger partial charge in [-0.05, 0) is 18.6 Å². The van der Waals surface area contributed by atoms with Crippen molar-refractivity contribution in [3.8, 4) is 17.9 Å². The fourth-order valence-electron chi connectivity index (χ4n) is 1.76. The van der Waals surface area contributed by atoms with Gasteiger partial charge in [0, 0.05) is 6.42 Å². The van der Waals surface area contributed by atoms with E-state index in [2.05, 4.69) is 6.07 Å². The highest BCUT2D eigenvalue weighted by Gasteiger charge is 2.38. The smallest absolute Gasteiger partial charge is 0.140 e. The van der Waals surface area contributed by atoms with Gasteiger partial charge in [-0.15, -0.1) is 0 Å². The summed E-state index contributed by atoms with van der Waals surface area (Å²) in [5, 5.41) is 17.9. The van der Waals surface area contributed by atoms with Crippen LogP contribution in [0, 0.1) is 22.7 Å². The first-order valence-electron chi connectivity index (χ1n) is 4.97. The molecule has 80 valence electrons. The van der Waals surface area contributed by atoms with E-state index in [4.69, 9.17) is 21.0 Å². The summed E-state index contributed by atoms with van der Waals surface area (Å²) in [6.07, 6.45) is 0.188. The Morgan fingerprint density at radius 1 is 1.50 bits per heavy atom. The zero-order chi connectivity index (χ0) is 11.8. The van der Waals surface area contributed by atoms with Gasteiger partial charge in [-0.1, -0.05) is 12.1 Å². The van der Waals surface area contributed by atoms with Gasteiger partial charge in [0.25, 0.3) is 0 Å². The van der Waals surface area contributed by atoms with Crippen LogP contribution < -0.4 is 10.5 Å². The first-order chi connectivity index (χ1) is 7.58. The van der Waals surface area contributed by atoms with Gasteiger partial charge in [0.05, 0.1) is 11.6 Å². The normalized spacial score (nSPS) is 21.1. The quantitative estimate of drug-likeness (QED) is 0.757. The Bertz CT molecular complexity index is 508. The minimum absolute atomic E-state index is 0.387. The molecule has 2 atom stereocenters. The molecule has 4 nitrogen and oxygen atoms in total. The maximum Gasteiger partial charge on any atom is 0.140 e. The summed E-state index contributed by atoms with van der Waals surface area (Å²) in [6, 6.07) is 9.49. The van der Waals surface area contributed by atoms with Crippen LogP contribution in [0.5, 0.6) is 5.75 Å². The predicted molar refractivity (Wildman–Crippen MR) is 57.5 cm³/mol. The highest BCUT2D eigenvalue weighted by Crippen LogP contribution is 2.34. The lowest BCUT2D eigenvalue weighted by atomic mass is 9.94. The monoisotopic (exact) mass is 213 g/mol. The minimum Gasteiger partial charge on any atom is -0.485 e. The Labute approximate surface area is 93.9 Å². The van der Waals surface area contributed by atoms with E-state index in [1.807, 2.05) is 18.2 Å². The molecule has 1 heterocycles. The summed E-state index contributed by atoms with van der Waals surface area (Å²) in [5.74, 6) is 0.571. The molecular weight excluding hydrogens is 202 g/mol. The molecule has 2 N–H and O–H groups in total. The lowest BCUT2D eigenvalue weighted by Crippen LogP contribution is -2.49. The second-order valence-corrected chi connectivity index (χ2v) is 4.11. The van der Waals surface area contributed by atoms with Crippen molar-refractivity contribution in [2.24, 2.45) is 5.73 Å². The molecule has 0 saturated heterocycles. The number of ether oxygens (including phenoxy) is 1. The molecule has 2 unspecified atom stereocenters. The van der Waals surface area contributed by atoms with E-state index in [9.17, 15) is 0 Å². The van der Waals surface area contributed by atoms with E-state index >= 15 is 0 Å². The SMILES string of the molecule is CC(N)(C#N)C1Cc2cccc(C#N)c2O1. The number of hydrogen-bond acceptors (Lipinski definition) is 4. The number of nitriles is 2. The van der Waals surface area contributed by atoms with Crippen LogP contribution in [0.4, 0.5) is 0 Å². The number of benzene rings is 1. The number of nitrogens with zero attached hydrogens (tertiary/aromatic N) is 2. The zero-order valence-corrected chi connectivity index (χ0v) is 8.90. The molecule has 0 bridgehead atoms. The summed E-state index contributed by atoms with van der Waals surface area (Å²) in [4.78, 5) is 0. The molecule has 0 aromatic heterocycles. The Morgan fingerprint density at radius 3 is 2.88 bits per heavy atom. The van der Waals surface area contributed by atoms with Gasteiger partial charge in [0.2, 0.25) is 0 Å². The molecular formula is C12H11N3O. The van der Waals surface area contributed by atoms with Crippen molar-refractivity contribution in [1.82, 2.24) is 0 Å². The van der Waals surface area contributed by atoms with Crippen molar-refractivity contribution in [2.75, 3.05) is 0 Å². The lowest BCUT2D eigenvalue weighted by molar-refractivity contribution is 0.173. The third kappa shape index (κ3) is 1.50. The third-order valence-electron chi connectivity index (χ3n) is 2.79. The van der Waals surface area contributed by atoms with E-state index in [1.54, 1.807) is 13.0 Å². The van der Waals surface area contributed by atoms with Crippen molar-refractivity contribution >= 4 is 0 Å². The minimum atomic E-state index is -1.04. The standard InChI is InChI=1S/C12H11N3O/c1-12(15,7-14)10-5-8-3-2-4-9(6-13)11(8)16-10/h2-4,10H,5,15H2,1H3. The molecule has 0 aliphatic carbocycles. The van der Waals surface area contributed by atoms with Crippen LogP contribution in [-0.4, -0.2) is 11.6 Å². The molecule has 0 spiro atoms. The average Bonchev–Trinajstić information content (AvgIpc) is 2.73. The topological polar surface area (TPSA) is 82.8 Å². The van der Waals surface area contributed by atoms with Gasteiger partial charge < -0.3 is 10.5 Å². The van der Waals surface area contributed by atoms with Crippen LogP contribution in [0.2, 0.25) is 0 Å². The molecule has 0 amide bonds. The van der Waals surface area contributed by atoms with Gasteiger partial charge >= 0.3 is 0 Å². The second-order valence-electron chi connectivity index (χ2n) is 4.11. The maximum absolute atomic E-state index is 8.94. The largest absolute Gasteiger partial charge is 0.485 e. The first kappa shape index (κ1) is 10.5. The van der Waals surface area contributed by atoms with Gasteiger partial charge in [0.15, 0.2) is 0 Å². The van der Waals surface area contributed by atoms with Crippen LogP contribution in [-0.2, 0) is 6.42 Å². The molecule has 4 heteroatoms. The number of hydrogen-bond donors (Lipinski definition) is 1. The van der Waals surface area contributed by atoms with Crippen LogP contribution in [0.25, 0.3) is 0 Å². The zero-order valence-electron chi connectivity index (χ0n) is 8.90. The molecule has 1 aliphatic heterocycles. The van der Waals surface area contributed by atoms with Crippen molar-refractivity contribution < 1.29 is 4.74 Å². The molecule has 1 aromatic carbocycles. The Morgan fingerprint density at radius 2 is 2.25 bits per heavy atom. The second kappa shape index (κ2) is 3.52. The van der Waals surface area contributed by atoms with E-state index < -0.39 is 5.54 Å². The number of fused-ring (bicyclic) bond motifs is 1. The summed E-state index contributed by atoms with van der Waals surface area (Å²) >= 11 is 0. The number of para-hydroxylation sites is 1. The molecule has 0 radical (unpaired) electrons. The Kier molecular flexibility index (Phi) is 2.30. The van der Waals surface area contributed by atoms with Crippen molar-refractivity contribution in [3.05, 3.63) is 29.3 Å². The number of nitrogens with two attached hydrogens (primary N) is 1. The van der Waals surface area contributed by atoms with Gasteiger partial charge in [-0.25, -0.2) is 0 Å². The molecule has 0 saturated carbocycles. The van der Waals surface area contributed by atoms with Crippen LogP contribution >= 0.6 is 0 Å². The molecule has 1 aliphatic rings. The van der Waals surface area contributed by atoms with Crippen LogP contribution in [0.1, 0.15) is 18.1 Å². The van der Waals surface area contributed by atoms with Crippen molar-refractivity contribution in [1.29, 1.82) is 10.5 Å². The average molecular weight is 213 g/mol. The summed E-state index contributed by atoms with van der Waals surface area (Å²) in [6.45, 7) is 1.63. The maximum atomic E-state index is 8.94. The fraction of sp³-hybridized carbons (Fsp3) is 0.333. The fourth-order valence-corrected chi connectivity index (χ4v) is 1.76. The highest BCUT2D eigenvalue weighted by atomic mass is 16.5.